The SMILES string of the molecule is CCCCOCC(OCCCC)[C@@H](COCCCC)OCc1cc(C)c(F)cc1F. The van der Waals surface area contributed by atoms with Gasteiger partial charge in [0, 0.05) is 31.5 Å². The smallest absolute Gasteiger partial charge is 0.131 e. The van der Waals surface area contributed by atoms with Crippen LogP contribution in [0.3, 0.4) is 0 Å². The van der Waals surface area contributed by atoms with E-state index in [9.17, 15) is 8.78 Å². The highest BCUT2D eigenvalue weighted by Gasteiger charge is 2.25. The predicted octanol–water partition coefficient (Wildman–Crippen LogP) is 5.98. The van der Waals surface area contributed by atoms with Crippen LogP contribution < -0.4 is 0 Å². The van der Waals surface area contributed by atoms with Gasteiger partial charge in [-0.3, -0.25) is 0 Å². The van der Waals surface area contributed by atoms with Crippen LogP contribution in [0.15, 0.2) is 12.1 Å². The summed E-state index contributed by atoms with van der Waals surface area (Å²) in [5.41, 5.74) is 0.719. The Morgan fingerprint density at radius 3 is 1.83 bits per heavy atom. The van der Waals surface area contributed by atoms with Crippen molar-refractivity contribution in [2.24, 2.45) is 0 Å². The first-order valence-electron chi connectivity index (χ1n) is 11.4. The van der Waals surface area contributed by atoms with Crippen molar-refractivity contribution < 1.29 is 27.7 Å². The normalized spacial score (nSPS) is 13.5. The number of hydrogen-bond acceptors (Lipinski definition) is 4. The van der Waals surface area contributed by atoms with Crippen LogP contribution in [0.1, 0.15) is 70.4 Å². The molecule has 0 fully saturated rings. The van der Waals surface area contributed by atoms with Gasteiger partial charge >= 0.3 is 0 Å². The first-order valence-corrected chi connectivity index (χ1v) is 11.4. The molecule has 0 aliphatic carbocycles. The molecule has 0 amide bonds. The average Bonchev–Trinajstić information content (AvgIpc) is 2.73. The summed E-state index contributed by atoms with van der Waals surface area (Å²) in [7, 11) is 0. The molecule has 0 aromatic heterocycles. The van der Waals surface area contributed by atoms with Crippen LogP contribution in [0, 0.1) is 18.6 Å². The Bertz CT molecular complexity index is 568. The van der Waals surface area contributed by atoms with E-state index in [2.05, 4.69) is 20.8 Å². The molecular formula is C24H40F2O4. The van der Waals surface area contributed by atoms with Crippen molar-refractivity contribution in [3.63, 3.8) is 0 Å². The zero-order chi connectivity index (χ0) is 22.2. The molecule has 0 saturated carbocycles. The van der Waals surface area contributed by atoms with Gasteiger partial charge < -0.3 is 18.9 Å². The quantitative estimate of drug-likeness (QED) is 0.269. The summed E-state index contributed by atoms with van der Waals surface area (Å²) in [5, 5.41) is 0. The molecule has 2 atom stereocenters. The van der Waals surface area contributed by atoms with E-state index in [1.807, 2.05) is 0 Å². The number of rotatable bonds is 18. The van der Waals surface area contributed by atoms with E-state index in [4.69, 9.17) is 18.9 Å². The number of aryl methyl sites for hydroxylation is 1. The topological polar surface area (TPSA) is 36.9 Å². The molecule has 6 heteroatoms. The van der Waals surface area contributed by atoms with Crippen LogP contribution in [-0.4, -0.2) is 45.2 Å². The maximum absolute atomic E-state index is 14.2. The van der Waals surface area contributed by atoms with Crippen LogP contribution in [0.2, 0.25) is 0 Å². The van der Waals surface area contributed by atoms with Crippen LogP contribution in [0.4, 0.5) is 8.78 Å². The summed E-state index contributed by atoms with van der Waals surface area (Å²) in [6.07, 6.45) is 5.33. The molecule has 0 N–H and O–H groups in total. The van der Waals surface area contributed by atoms with E-state index >= 15 is 0 Å². The lowest BCUT2D eigenvalue weighted by atomic mass is 10.1. The Balaban J connectivity index is 2.81. The van der Waals surface area contributed by atoms with E-state index in [0.29, 0.717) is 44.2 Å². The molecule has 0 radical (unpaired) electrons. The highest BCUT2D eigenvalue weighted by atomic mass is 19.1. The average molecular weight is 431 g/mol. The van der Waals surface area contributed by atoms with Gasteiger partial charge in [0.25, 0.3) is 0 Å². The highest BCUT2D eigenvalue weighted by Crippen LogP contribution is 2.18. The third-order valence-electron chi connectivity index (χ3n) is 4.87. The monoisotopic (exact) mass is 430 g/mol. The molecular weight excluding hydrogens is 390 g/mol. The van der Waals surface area contributed by atoms with Crippen molar-refractivity contribution in [2.75, 3.05) is 33.0 Å². The Morgan fingerprint density at radius 2 is 1.27 bits per heavy atom. The van der Waals surface area contributed by atoms with Gasteiger partial charge in [0.2, 0.25) is 0 Å². The molecule has 1 unspecified atom stereocenters. The van der Waals surface area contributed by atoms with Crippen molar-refractivity contribution in [1.82, 2.24) is 0 Å². The lowest BCUT2D eigenvalue weighted by Gasteiger charge is -2.28. The van der Waals surface area contributed by atoms with E-state index in [0.717, 1.165) is 44.6 Å². The van der Waals surface area contributed by atoms with Gasteiger partial charge in [-0.15, -0.1) is 0 Å². The zero-order valence-electron chi connectivity index (χ0n) is 19.2. The second-order valence-electron chi connectivity index (χ2n) is 7.66. The number of hydrogen-bond donors (Lipinski definition) is 0. The van der Waals surface area contributed by atoms with Crippen molar-refractivity contribution in [3.8, 4) is 0 Å². The van der Waals surface area contributed by atoms with E-state index in [-0.39, 0.29) is 12.7 Å². The van der Waals surface area contributed by atoms with E-state index < -0.39 is 17.7 Å². The van der Waals surface area contributed by atoms with Gasteiger partial charge in [-0.25, -0.2) is 8.78 Å². The molecule has 4 nitrogen and oxygen atoms in total. The third-order valence-corrected chi connectivity index (χ3v) is 4.87. The summed E-state index contributed by atoms with van der Waals surface area (Å²) < 4.78 is 51.4. The van der Waals surface area contributed by atoms with Gasteiger partial charge in [0.15, 0.2) is 0 Å². The minimum Gasteiger partial charge on any atom is -0.379 e. The zero-order valence-corrected chi connectivity index (χ0v) is 19.2. The van der Waals surface area contributed by atoms with Crippen LogP contribution in [0.25, 0.3) is 0 Å². The van der Waals surface area contributed by atoms with E-state index in [1.54, 1.807) is 6.92 Å². The maximum Gasteiger partial charge on any atom is 0.131 e. The van der Waals surface area contributed by atoms with E-state index in [1.165, 1.54) is 6.07 Å². The highest BCUT2D eigenvalue weighted by molar-refractivity contribution is 5.25. The number of halogens is 2. The molecule has 0 heterocycles. The molecule has 1 rings (SSSR count). The van der Waals surface area contributed by atoms with Crippen LogP contribution >= 0.6 is 0 Å². The second kappa shape index (κ2) is 16.6. The molecule has 0 aliphatic heterocycles. The van der Waals surface area contributed by atoms with Gasteiger partial charge in [-0.1, -0.05) is 40.0 Å². The molecule has 0 bridgehead atoms. The fourth-order valence-electron chi connectivity index (χ4n) is 2.82. The molecule has 30 heavy (non-hydrogen) atoms. The van der Waals surface area contributed by atoms with Crippen molar-refractivity contribution in [2.45, 2.75) is 85.0 Å². The lowest BCUT2D eigenvalue weighted by Crippen LogP contribution is -2.39. The van der Waals surface area contributed by atoms with Crippen molar-refractivity contribution in [3.05, 3.63) is 34.9 Å². The first kappa shape index (κ1) is 27.0. The van der Waals surface area contributed by atoms with Gasteiger partial charge in [-0.05, 0) is 37.8 Å². The summed E-state index contributed by atoms with van der Waals surface area (Å²) in [4.78, 5) is 0. The fraction of sp³-hybridized carbons (Fsp3) is 0.750. The molecule has 174 valence electrons. The fourth-order valence-corrected chi connectivity index (χ4v) is 2.82. The Morgan fingerprint density at radius 1 is 0.733 bits per heavy atom. The molecule has 0 aliphatic rings. The summed E-state index contributed by atoms with van der Waals surface area (Å²) in [6.45, 7) is 10.6. The Kier molecular flexibility index (Phi) is 14.9. The number of benzene rings is 1. The van der Waals surface area contributed by atoms with Crippen LogP contribution in [-0.2, 0) is 25.6 Å². The predicted molar refractivity (Wildman–Crippen MR) is 116 cm³/mol. The minimum absolute atomic E-state index is 0.0252. The standard InChI is InChI=1S/C24H40F2O4/c1-5-8-11-27-17-23(29-13-10-7-3)24(18-28-12-9-6-2)30-16-20-14-19(4)21(25)15-22(20)26/h14-15,23-24H,5-13,16-18H2,1-4H3/t23?,24-/m1/s1. The van der Waals surface area contributed by atoms with Gasteiger partial charge in [0.05, 0.1) is 19.8 Å². The summed E-state index contributed by atoms with van der Waals surface area (Å²) in [6, 6.07) is 2.40. The summed E-state index contributed by atoms with van der Waals surface area (Å²) in [5.74, 6) is -1.16. The minimum atomic E-state index is -0.605. The van der Waals surface area contributed by atoms with Gasteiger partial charge in [-0.2, -0.15) is 0 Å². The van der Waals surface area contributed by atoms with Crippen molar-refractivity contribution in [1.29, 1.82) is 0 Å². The first-order chi connectivity index (χ1) is 14.5. The molecule has 1 aromatic carbocycles. The van der Waals surface area contributed by atoms with Crippen LogP contribution in [0.5, 0.6) is 0 Å². The Labute approximate surface area is 181 Å². The maximum atomic E-state index is 14.2. The lowest BCUT2D eigenvalue weighted by molar-refractivity contribution is -0.132. The number of unbranched alkanes of at least 4 members (excludes halogenated alkanes) is 3. The van der Waals surface area contributed by atoms with Crippen molar-refractivity contribution >= 4 is 0 Å². The largest absolute Gasteiger partial charge is 0.379 e. The molecule has 0 spiro atoms. The molecule has 1 aromatic rings. The second-order valence-corrected chi connectivity index (χ2v) is 7.66. The van der Waals surface area contributed by atoms with Gasteiger partial charge in [0.1, 0.15) is 23.8 Å². The third kappa shape index (κ3) is 10.8. The summed E-state index contributed by atoms with van der Waals surface area (Å²) >= 11 is 0. The Hall–Kier alpha value is -1.08. The number of ether oxygens (including phenoxy) is 4. The molecule has 0 saturated heterocycles.